The van der Waals surface area contributed by atoms with Gasteiger partial charge in [0.15, 0.2) is 0 Å². The van der Waals surface area contributed by atoms with Gasteiger partial charge in [0.2, 0.25) is 5.91 Å². The van der Waals surface area contributed by atoms with Crippen molar-refractivity contribution >= 4 is 40.2 Å². The molecule has 3 rings (SSSR count). The predicted octanol–water partition coefficient (Wildman–Crippen LogP) is 3.92. The van der Waals surface area contributed by atoms with Crippen LogP contribution in [0.25, 0.3) is 10.8 Å². The fourth-order valence-corrected chi connectivity index (χ4v) is 3.80. The fraction of sp³-hybridized carbons (Fsp3) is 0.320. The molecular weight excluding hydrogens is 496 g/mol. The summed E-state index contributed by atoms with van der Waals surface area (Å²) in [6, 6.07) is 9.24. The van der Waals surface area contributed by atoms with Crippen LogP contribution in [0.5, 0.6) is 0 Å². The third-order valence-electron chi connectivity index (χ3n) is 5.66. The summed E-state index contributed by atoms with van der Waals surface area (Å²) in [4.78, 5) is 30.5. The lowest BCUT2D eigenvalue weighted by atomic mass is 10.1. The monoisotopic (exact) mass is 521 g/mol. The molecule has 0 spiro atoms. The van der Waals surface area contributed by atoms with E-state index in [-0.39, 0.29) is 42.6 Å². The number of halogens is 3. The van der Waals surface area contributed by atoms with Crippen molar-refractivity contribution in [2.45, 2.75) is 31.4 Å². The number of benzene rings is 2. The number of carbonyl (C=O) groups is 2. The second kappa shape index (κ2) is 12.6. The van der Waals surface area contributed by atoms with Crippen LogP contribution in [-0.2, 0) is 16.0 Å². The van der Waals surface area contributed by atoms with Crippen molar-refractivity contribution in [1.29, 1.82) is 0 Å². The van der Waals surface area contributed by atoms with Gasteiger partial charge in [-0.2, -0.15) is 0 Å². The number of aliphatic hydroxyl groups excluding tert-OH is 2. The largest absolute Gasteiger partial charge is 0.447 e. The van der Waals surface area contributed by atoms with Crippen molar-refractivity contribution < 1.29 is 33.3 Å². The number of ether oxygens (including phenoxy) is 1. The lowest BCUT2D eigenvalue weighted by Crippen LogP contribution is -2.43. The average Bonchev–Trinajstić information content (AvgIpc) is 2.86. The highest BCUT2D eigenvalue weighted by molar-refractivity contribution is 6.31. The highest BCUT2D eigenvalue weighted by Gasteiger charge is 2.25. The molecule has 1 unspecified atom stereocenters. The van der Waals surface area contributed by atoms with Gasteiger partial charge in [0, 0.05) is 25.1 Å². The molecule has 3 N–H and O–H groups in total. The smallest absolute Gasteiger partial charge is 0.412 e. The molecule has 2 amide bonds. The zero-order valence-corrected chi connectivity index (χ0v) is 20.2. The number of rotatable bonds is 10. The fourth-order valence-electron chi connectivity index (χ4n) is 3.58. The molecule has 192 valence electrons. The Bertz CT molecular complexity index is 1230. The number of nitrogens with one attached hydrogen (secondary N) is 1. The first-order chi connectivity index (χ1) is 17.2. The number of aliphatic hydroxyl groups is 2. The van der Waals surface area contributed by atoms with E-state index in [0.717, 1.165) is 0 Å². The Labute approximate surface area is 211 Å². The maximum atomic E-state index is 13.6. The van der Waals surface area contributed by atoms with Crippen molar-refractivity contribution in [1.82, 2.24) is 9.88 Å². The third-order valence-corrected chi connectivity index (χ3v) is 6.08. The van der Waals surface area contributed by atoms with E-state index in [4.69, 9.17) is 16.3 Å². The molecule has 0 aliphatic carbocycles. The van der Waals surface area contributed by atoms with Crippen LogP contribution in [0, 0.1) is 11.6 Å². The van der Waals surface area contributed by atoms with Crippen LogP contribution in [-0.4, -0.2) is 64.5 Å². The number of aromatic nitrogens is 1. The molecule has 0 bridgehead atoms. The van der Waals surface area contributed by atoms with Crippen molar-refractivity contribution in [3.05, 3.63) is 70.9 Å². The summed E-state index contributed by atoms with van der Waals surface area (Å²) in [5.41, 5.74) is 0.476. The molecule has 0 saturated heterocycles. The maximum Gasteiger partial charge on any atom is 0.412 e. The van der Waals surface area contributed by atoms with E-state index in [2.05, 4.69) is 10.3 Å². The third kappa shape index (κ3) is 7.33. The zero-order valence-electron chi connectivity index (χ0n) is 19.5. The predicted molar refractivity (Wildman–Crippen MR) is 131 cm³/mol. The van der Waals surface area contributed by atoms with Crippen LogP contribution in [0.3, 0.4) is 0 Å². The number of carbonyl (C=O) groups excluding carboxylic acids is 2. The summed E-state index contributed by atoms with van der Waals surface area (Å²) in [6.45, 7) is -0.824. The quantitative estimate of drug-likeness (QED) is 0.373. The van der Waals surface area contributed by atoms with E-state index in [9.17, 15) is 28.6 Å². The van der Waals surface area contributed by atoms with Gasteiger partial charge in [-0.05, 0) is 54.1 Å². The Hall–Kier alpha value is -3.34. The van der Waals surface area contributed by atoms with E-state index in [1.807, 2.05) is 0 Å². The second-order valence-corrected chi connectivity index (χ2v) is 8.61. The number of likely N-dealkylation sites (N-methyl/N-ethyl adjacent to an activating group) is 1. The highest BCUT2D eigenvalue weighted by Crippen LogP contribution is 2.22. The van der Waals surface area contributed by atoms with Crippen molar-refractivity contribution in [2.24, 2.45) is 0 Å². The average molecular weight is 522 g/mol. The number of aryl methyl sites for hydroxylation is 1. The molecule has 0 saturated carbocycles. The Kier molecular flexibility index (Phi) is 9.51. The summed E-state index contributed by atoms with van der Waals surface area (Å²) in [7, 11) is 1.48. The molecule has 1 heterocycles. The van der Waals surface area contributed by atoms with Crippen LogP contribution in [0.1, 0.15) is 18.4 Å². The number of nitrogens with zero attached hydrogens (tertiary/aromatic N) is 2. The van der Waals surface area contributed by atoms with Crippen molar-refractivity contribution in [3.63, 3.8) is 0 Å². The standard InChI is InChI=1S/C25H26ClF2N3O5/c1-31(23(34)8-6-15-3-2-4-21(28)24(15)26)19(11-20(33)13-32)14-36-25(35)30-22-10-17-9-18(27)7-5-16(17)12-29-22/h2-5,7,9-10,12,19-20,32-33H,6,8,11,13-14H2,1H3,(H,29,30,35)/t19-,20?/m0/s1. The lowest BCUT2D eigenvalue weighted by molar-refractivity contribution is -0.133. The summed E-state index contributed by atoms with van der Waals surface area (Å²) < 4.78 is 32.4. The minimum atomic E-state index is -1.15. The van der Waals surface area contributed by atoms with Crippen molar-refractivity contribution in [3.8, 4) is 0 Å². The van der Waals surface area contributed by atoms with E-state index < -0.39 is 36.5 Å². The number of hydrogen-bond acceptors (Lipinski definition) is 6. The highest BCUT2D eigenvalue weighted by atomic mass is 35.5. The van der Waals surface area contributed by atoms with Crippen LogP contribution < -0.4 is 5.32 Å². The first kappa shape index (κ1) is 27.3. The minimum absolute atomic E-state index is 0.00480. The molecule has 0 aliphatic heterocycles. The zero-order chi connectivity index (χ0) is 26.2. The summed E-state index contributed by atoms with van der Waals surface area (Å²) in [6.07, 6.45) is -0.414. The Morgan fingerprint density at radius 1 is 1.19 bits per heavy atom. The Morgan fingerprint density at radius 2 is 1.97 bits per heavy atom. The molecular formula is C25H26ClF2N3O5. The Balaban J connectivity index is 1.60. The molecule has 0 aliphatic rings. The van der Waals surface area contributed by atoms with Gasteiger partial charge < -0.3 is 19.8 Å². The second-order valence-electron chi connectivity index (χ2n) is 8.23. The summed E-state index contributed by atoms with van der Waals surface area (Å²) in [5, 5.41) is 22.8. The van der Waals surface area contributed by atoms with E-state index >= 15 is 0 Å². The molecule has 2 aromatic carbocycles. The molecule has 8 nitrogen and oxygen atoms in total. The molecule has 0 radical (unpaired) electrons. The van der Waals surface area contributed by atoms with E-state index in [1.165, 1.54) is 48.5 Å². The number of amides is 2. The van der Waals surface area contributed by atoms with Gasteiger partial charge in [-0.3, -0.25) is 10.1 Å². The molecule has 36 heavy (non-hydrogen) atoms. The number of hydrogen-bond donors (Lipinski definition) is 3. The van der Waals surface area contributed by atoms with Crippen LogP contribution in [0.2, 0.25) is 5.02 Å². The molecule has 11 heteroatoms. The minimum Gasteiger partial charge on any atom is -0.447 e. The maximum absolute atomic E-state index is 13.6. The normalized spacial score (nSPS) is 12.7. The number of pyridine rings is 1. The topological polar surface area (TPSA) is 112 Å². The van der Waals surface area contributed by atoms with Gasteiger partial charge in [0.25, 0.3) is 0 Å². The molecule has 3 aromatic rings. The van der Waals surface area contributed by atoms with Crippen LogP contribution in [0.4, 0.5) is 19.4 Å². The molecule has 0 fully saturated rings. The summed E-state index contributed by atoms with van der Waals surface area (Å²) in [5.74, 6) is -1.22. The van der Waals surface area contributed by atoms with E-state index in [1.54, 1.807) is 12.1 Å². The van der Waals surface area contributed by atoms with Crippen LogP contribution >= 0.6 is 11.6 Å². The molecule has 2 atom stereocenters. The Morgan fingerprint density at radius 3 is 2.72 bits per heavy atom. The lowest BCUT2D eigenvalue weighted by Gasteiger charge is -2.29. The number of anilines is 1. The van der Waals surface area contributed by atoms with Gasteiger partial charge in [0.05, 0.1) is 23.8 Å². The SMILES string of the molecule is CN(C(=O)CCc1cccc(F)c1Cl)[C@H](COC(=O)Nc1cc2cc(F)ccc2cn1)CC(O)CO. The van der Waals surface area contributed by atoms with Gasteiger partial charge in [0.1, 0.15) is 24.1 Å². The van der Waals surface area contributed by atoms with Gasteiger partial charge in [-0.1, -0.05) is 23.7 Å². The number of fused-ring (bicyclic) bond motifs is 1. The first-order valence-corrected chi connectivity index (χ1v) is 11.5. The van der Waals surface area contributed by atoms with Crippen LogP contribution in [0.15, 0.2) is 48.7 Å². The van der Waals surface area contributed by atoms with E-state index in [0.29, 0.717) is 16.3 Å². The summed E-state index contributed by atoms with van der Waals surface area (Å²) >= 11 is 5.95. The molecule has 1 aromatic heterocycles. The van der Waals surface area contributed by atoms with Crippen molar-refractivity contribution in [2.75, 3.05) is 25.6 Å². The van der Waals surface area contributed by atoms with Gasteiger partial charge in [-0.25, -0.2) is 18.6 Å². The van der Waals surface area contributed by atoms with Gasteiger partial charge >= 0.3 is 6.09 Å². The van der Waals surface area contributed by atoms with Gasteiger partial charge in [-0.15, -0.1) is 0 Å². The first-order valence-electron chi connectivity index (χ1n) is 11.1.